The molecule has 38 heavy (non-hydrogen) atoms. The number of benzene rings is 2. The molecule has 2 heterocycles. The minimum absolute atomic E-state index is 0.0656. The molecule has 0 saturated carbocycles. The van der Waals surface area contributed by atoms with Gasteiger partial charge < -0.3 is 19.3 Å². The molecule has 0 atom stereocenters. The molecule has 2 aromatic carbocycles. The van der Waals surface area contributed by atoms with E-state index in [0.29, 0.717) is 33.9 Å². The molecule has 1 amide bonds. The number of alkyl carbamates (subject to hydrolysis) is 1. The van der Waals surface area contributed by atoms with Gasteiger partial charge in [0.25, 0.3) is 11.4 Å². The maximum Gasteiger partial charge on any atom is 0.412 e. The summed E-state index contributed by atoms with van der Waals surface area (Å²) in [6.07, 6.45) is 2.30. The molecule has 196 valence electrons. The van der Waals surface area contributed by atoms with E-state index in [2.05, 4.69) is 25.8 Å². The van der Waals surface area contributed by atoms with Crippen LogP contribution >= 0.6 is 11.6 Å². The van der Waals surface area contributed by atoms with Crippen LogP contribution in [0.25, 0.3) is 0 Å². The zero-order valence-electron chi connectivity index (χ0n) is 20.7. The van der Waals surface area contributed by atoms with Crippen molar-refractivity contribution < 1.29 is 18.8 Å². The summed E-state index contributed by atoms with van der Waals surface area (Å²) in [5, 5.41) is 10.1. The monoisotopic (exact) mass is 536 g/mol. The largest absolute Gasteiger partial charge is 0.450 e. The predicted octanol–water partition coefficient (Wildman–Crippen LogP) is 4.79. The van der Waals surface area contributed by atoms with Gasteiger partial charge in [0.15, 0.2) is 0 Å². The summed E-state index contributed by atoms with van der Waals surface area (Å²) >= 11 is 6.03. The Labute approximate surface area is 223 Å². The summed E-state index contributed by atoms with van der Waals surface area (Å²) < 4.78 is 16.8. The normalized spacial score (nSPS) is 11.2. The summed E-state index contributed by atoms with van der Waals surface area (Å²) in [4.78, 5) is 34.0. The van der Waals surface area contributed by atoms with Crippen molar-refractivity contribution in [3.8, 4) is 11.6 Å². The molecule has 0 aliphatic carbocycles. The second-order valence-electron chi connectivity index (χ2n) is 7.91. The van der Waals surface area contributed by atoms with Crippen molar-refractivity contribution in [1.29, 1.82) is 0 Å². The Morgan fingerprint density at radius 3 is 2.55 bits per heavy atom. The predicted molar refractivity (Wildman–Crippen MR) is 143 cm³/mol. The van der Waals surface area contributed by atoms with Gasteiger partial charge in [-0.2, -0.15) is 0 Å². The molecule has 4 rings (SSSR count). The van der Waals surface area contributed by atoms with E-state index in [-0.39, 0.29) is 31.0 Å². The summed E-state index contributed by atoms with van der Waals surface area (Å²) in [6, 6.07) is 15.8. The van der Waals surface area contributed by atoms with Crippen molar-refractivity contribution in [3.05, 3.63) is 93.6 Å². The number of hydrogen-bond donors (Lipinski definition) is 2. The van der Waals surface area contributed by atoms with E-state index in [1.165, 1.54) is 24.1 Å². The van der Waals surface area contributed by atoms with E-state index >= 15 is 0 Å². The Morgan fingerprint density at radius 2 is 1.89 bits per heavy atom. The number of amidine groups is 1. The summed E-state index contributed by atoms with van der Waals surface area (Å²) in [6.45, 7) is 2.15. The number of rotatable bonds is 9. The number of carbonyl (C=O) groups is 1. The van der Waals surface area contributed by atoms with E-state index in [9.17, 15) is 9.59 Å². The summed E-state index contributed by atoms with van der Waals surface area (Å²) in [5.41, 5.74) is 1.58. The summed E-state index contributed by atoms with van der Waals surface area (Å²) in [7, 11) is 1.52. The van der Waals surface area contributed by atoms with Gasteiger partial charge in [0.2, 0.25) is 5.95 Å². The van der Waals surface area contributed by atoms with Crippen LogP contribution in [0.2, 0.25) is 5.02 Å². The molecule has 2 N–H and O–H groups in total. The van der Waals surface area contributed by atoms with Crippen molar-refractivity contribution >= 4 is 35.2 Å². The molecular formula is C26H25ClN6O5. The number of ether oxygens (including phenoxy) is 2. The lowest BCUT2D eigenvalue weighted by Crippen LogP contribution is -2.35. The summed E-state index contributed by atoms with van der Waals surface area (Å²) in [5.74, 6) is 1.51. The fourth-order valence-corrected chi connectivity index (χ4v) is 3.55. The molecule has 12 heteroatoms. The number of aliphatic imine (C=N–C) groups is 1. The first-order chi connectivity index (χ1) is 18.4. The van der Waals surface area contributed by atoms with Gasteiger partial charge in [0.05, 0.1) is 13.2 Å². The number of anilines is 2. The van der Waals surface area contributed by atoms with Crippen molar-refractivity contribution in [2.75, 3.05) is 19.0 Å². The highest BCUT2D eigenvalue weighted by molar-refractivity contribution is 6.30. The van der Waals surface area contributed by atoms with Gasteiger partial charge in [0, 0.05) is 42.0 Å². The van der Waals surface area contributed by atoms with E-state index in [1.54, 1.807) is 49.4 Å². The third-order valence-electron chi connectivity index (χ3n) is 5.27. The zero-order chi connectivity index (χ0) is 26.9. The first-order valence-corrected chi connectivity index (χ1v) is 12.0. The molecule has 0 aliphatic rings. The van der Waals surface area contributed by atoms with Crippen molar-refractivity contribution in [2.24, 2.45) is 4.99 Å². The molecule has 0 aliphatic heterocycles. The smallest absolute Gasteiger partial charge is 0.412 e. The zero-order valence-corrected chi connectivity index (χ0v) is 21.4. The van der Waals surface area contributed by atoms with Gasteiger partial charge >= 0.3 is 6.09 Å². The number of halogens is 1. The highest BCUT2D eigenvalue weighted by atomic mass is 35.5. The molecule has 0 unspecified atom stereocenters. The first kappa shape index (κ1) is 26.4. The molecule has 0 saturated heterocycles. The quantitative estimate of drug-likeness (QED) is 0.230. The minimum Gasteiger partial charge on any atom is -0.450 e. The third-order valence-corrected chi connectivity index (χ3v) is 5.52. The van der Waals surface area contributed by atoms with E-state index in [0.717, 1.165) is 5.56 Å². The highest BCUT2D eigenvalue weighted by Gasteiger charge is 2.15. The van der Waals surface area contributed by atoms with Crippen LogP contribution in [-0.2, 0) is 17.7 Å². The van der Waals surface area contributed by atoms with E-state index in [4.69, 9.17) is 25.6 Å². The third kappa shape index (κ3) is 6.98. The van der Waals surface area contributed by atoms with Crippen LogP contribution in [0.4, 0.5) is 16.4 Å². The minimum atomic E-state index is -0.642. The number of hydrogen-bond acceptors (Lipinski definition) is 9. The molecular weight excluding hydrogens is 512 g/mol. The number of nitrogens with one attached hydrogen (secondary N) is 2. The second kappa shape index (κ2) is 12.5. The Bertz CT molecular complexity index is 1450. The van der Waals surface area contributed by atoms with Crippen LogP contribution in [0.1, 0.15) is 18.1 Å². The van der Waals surface area contributed by atoms with Gasteiger partial charge in [-0.3, -0.25) is 19.7 Å². The van der Waals surface area contributed by atoms with Gasteiger partial charge in [-0.25, -0.2) is 9.78 Å². The number of carbonyl (C=O) groups excluding carboxylic acids is 1. The number of amides is 1. The standard InChI is InChI=1S/C26H25ClN6O5/c1-3-36-26(35)31-22(28-2)14-18-15-29-25(33(24(18)34)16-17-4-6-19(27)7-5-17)30-20-8-10-21(11-9-20)38-23-12-13-37-32-23/h4-13,15H,3,14,16H2,1-2H3,(H,29,30)(H,28,31,35). The molecule has 4 aromatic rings. The van der Waals surface area contributed by atoms with Crippen LogP contribution in [0.15, 0.2) is 81.4 Å². The number of nitrogens with zero attached hydrogens (tertiary/aromatic N) is 4. The van der Waals surface area contributed by atoms with E-state index < -0.39 is 6.09 Å². The van der Waals surface area contributed by atoms with Crippen LogP contribution in [-0.4, -0.2) is 40.3 Å². The van der Waals surface area contributed by atoms with Gasteiger partial charge in [-0.1, -0.05) is 23.7 Å². The van der Waals surface area contributed by atoms with Gasteiger partial charge in [-0.15, -0.1) is 0 Å². The molecule has 0 spiro atoms. The van der Waals surface area contributed by atoms with Gasteiger partial charge in [0.1, 0.15) is 17.8 Å². The fraction of sp³-hybridized carbons (Fsp3) is 0.192. The maximum absolute atomic E-state index is 13.6. The molecule has 2 aromatic heterocycles. The second-order valence-corrected chi connectivity index (χ2v) is 8.34. The average Bonchev–Trinajstić information content (AvgIpc) is 3.42. The molecule has 0 radical (unpaired) electrons. The van der Waals surface area contributed by atoms with Crippen LogP contribution in [0.3, 0.4) is 0 Å². The Kier molecular flexibility index (Phi) is 8.73. The van der Waals surface area contributed by atoms with Gasteiger partial charge in [-0.05, 0) is 54.0 Å². The molecule has 0 bridgehead atoms. The maximum atomic E-state index is 13.6. The Balaban J connectivity index is 1.60. The Hall–Kier alpha value is -4.64. The average molecular weight is 537 g/mol. The van der Waals surface area contributed by atoms with Crippen LogP contribution < -0.4 is 20.9 Å². The highest BCUT2D eigenvalue weighted by Crippen LogP contribution is 2.23. The lowest BCUT2D eigenvalue weighted by atomic mass is 10.2. The SMILES string of the molecule is CCOC(=O)NC(Cc1cnc(Nc2ccc(Oc3ccon3)cc2)n(Cc2ccc(Cl)cc2)c1=O)=NC. The lowest BCUT2D eigenvalue weighted by molar-refractivity contribution is 0.157. The molecule has 0 fully saturated rings. The first-order valence-electron chi connectivity index (χ1n) is 11.6. The topological polar surface area (TPSA) is 133 Å². The Morgan fingerprint density at radius 1 is 1.13 bits per heavy atom. The van der Waals surface area contributed by atoms with Crippen LogP contribution in [0.5, 0.6) is 11.6 Å². The van der Waals surface area contributed by atoms with Crippen molar-refractivity contribution in [1.82, 2.24) is 20.0 Å². The van der Waals surface area contributed by atoms with E-state index in [1.807, 2.05) is 12.1 Å². The van der Waals surface area contributed by atoms with Crippen molar-refractivity contribution in [2.45, 2.75) is 19.9 Å². The molecule has 11 nitrogen and oxygen atoms in total. The van der Waals surface area contributed by atoms with Crippen LogP contribution in [0, 0.1) is 0 Å². The lowest BCUT2D eigenvalue weighted by Gasteiger charge is -2.16. The van der Waals surface area contributed by atoms with Crippen molar-refractivity contribution in [3.63, 3.8) is 0 Å². The fourth-order valence-electron chi connectivity index (χ4n) is 3.43. The number of aromatic nitrogens is 3.